The predicted octanol–water partition coefficient (Wildman–Crippen LogP) is 5.94. The van der Waals surface area contributed by atoms with Gasteiger partial charge in [-0.15, -0.1) is 11.8 Å². The first-order valence-electron chi connectivity index (χ1n) is 12.3. The Hall–Kier alpha value is -3.36. The number of nitrogens with zero attached hydrogens (tertiary/aromatic N) is 3. The first-order valence-corrected chi connectivity index (χ1v) is 15.0. The maximum atomic E-state index is 14.3. The minimum Gasteiger partial charge on any atom is -0.488 e. The molecule has 0 amide bonds. The Morgan fingerprint density at radius 2 is 1.93 bits per heavy atom. The molecule has 0 unspecified atom stereocenters. The van der Waals surface area contributed by atoms with Crippen LogP contribution in [-0.4, -0.2) is 60.6 Å². The van der Waals surface area contributed by atoms with E-state index in [9.17, 15) is 35.9 Å². The lowest BCUT2D eigenvalue weighted by Crippen LogP contribution is -2.41. The molecule has 1 atom stereocenters. The lowest BCUT2D eigenvalue weighted by Gasteiger charge is -2.30. The van der Waals surface area contributed by atoms with Gasteiger partial charge in [0.25, 0.3) is 0 Å². The average molecular weight is 614 g/mol. The molecule has 1 N–H and O–H groups in total. The molecule has 0 radical (unpaired) electrons. The number of aromatic carboxylic acids is 1. The van der Waals surface area contributed by atoms with Gasteiger partial charge in [0.1, 0.15) is 17.3 Å². The molecule has 0 bridgehead atoms. The first kappa shape index (κ1) is 30.6. The van der Waals surface area contributed by atoms with Crippen LogP contribution in [-0.2, 0) is 16.6 Å². The Bertz CT molecular complexity index is 1570. The zero-order valence-electron chi connectivity index (χ0n) is 22.3. The fourth-order valence-electron chi connectivity index (χ4n) is 4.48. The van der Waals surface area contributed by atoms with E-state index in [1.54, 1.807) is 6.26 Å². The molecule has 2 aromatic carbocycles. The number of likely N-dealkylation sites (N-methyl/N-ethyl adjacent to an activating group) is 1. The van der Waals surface area contributed by atoms with Crippen molar-refractivity contribution < 1.29 is 40.6 Å². The molecule has 1 aromatic heterocycles. The van der Waals surface area contributed by atoms with Crippen LogP contribution >= 0.6 is 11.8 Å². The largest absolute Gasteiger partial charge is 0.488 e. The summed E-state index contributed by atoms with van der Waals surface area (Å²) >= 11 is 1.22. The van der Waals surface area contributed by atoms with Crippen molar-refractivity contribution in [3.05, 3.63) is 71.6 Å². The Morgan fingerprint density at radius 3 is 2.56 bits per heavy atom. The van der Waals surface area contributed by atoms with E-state index in [0.29, 0.717) is 10.5 Å². The summed E-state index contributed by atoms with van der Waals surface area (Å²) in [7, 11) is -3.02. The Balaban J connectivity index is 1.84. The smallest absolute Gasteiger partial charge is 0.337 e. The molecule has 220 valence electrons. The fourth-order valence-corrected chi connectivity index (χ4v) is 6.60. The number of rotatable bonds is 9. The summed E-state index contributed by atoms with van der Waals surface area (Å²) in [6.07, 6.45) is 3.49. The molecule has 1 aliphatic rings. The number of pyridine rings is 1. The van der Waals surface area contributed by atoms with E-state index >= 15 is 0 Å². The topological polar surface area (TPSA) is 100 Å². The average Bonchev–Trinajstić information content (AvgIpc) is 2.99. The molecule has 0 saturated heterocycles. The minimum absolute atomic E-state index is 0.0830. The monoisotopic (exact) mass is 613 g/mol. The van der Waals surface area contributed by atoms with Gasteiger partial charge in [0.2, 0.25) is 15.9 Å². The van der Waals surface area contributed by atoms with Crippen molar-refractivity contribution in [1.82, 2.24) is 9.29 Å². The Kier molecular flexibility index (Phi) is 8.85. The zero-order chi connectivity index (χ0) is 30.1. The van der Waals surface area contributed by atoms with Crippen molar-refractivity contribution in [1.29, 1.82) is 0 Å². The number of aromatic nitrogens is 1. The molecule has 0 aliphatic carbocycles. The number of hydrogen-bond donors (Lipinski definition) is 1. The first-order chi connectivity index (χ1) is 19.2. The van der Waals surface area contributed by atoms with E-state index in [-0.39, 0.29) is 47.2 Å². The van der Waals surface area contributed by atoms with Crippen LogP contribution in [0, 0.1) is 11.6 Å². The maximum Gasteiger partial charge on any atom is 0.337 e. The number of ether oxygens (including phenoxy) is 1. The van der Waals surface area contributed by atoms with Gasteiger partial charge in [-0.25, -0.2) is 30.8 Å². The van der Waals surface area contributed by atoms with Crippen molar-refractivity contribution in [3.8, 4) is 5.75 Å². The summed E-state index contributed by atoms with van der Waals surface area (Å²) in [5.41, 5.74) is 0.479. The molecule has 0 spiro atoms. The van der Waals surface area contributed by atoms with Gasteiger partial charge < -0.3 is 14.7 Å². The molecule has 2 heterocycles. The number of carboxylic acids is 1. The summed E-state index contributed by atoms with van der Waals surface area (Å²) in [6, 6.07) is 6.43. The number of anilines is 2. The highest BCUT2D eigenvalue weighted by molar-refractivity contribution is 7.98. The zero-order valence-corrected chi connectivity index (χ0v) is 23.9. The molecular formula is C27H27F4N3O5S2. The number of benzene rings is 2. The second-order valence-electron chi connectivity index (χ2n) is 9.59. The SMILES string of the molecule is CSc1cc2c(cc1OCc1ccncc1C(=O)O)S(=O)(=O)N(C)[C@H](CCC(C)(F)F)CN2c1ccc(F)c(F)c1. The van der Waals surface area contributed by atoms with Crippen LogP contribution in [0.25, 0.3) is 0 Å². The standard InChI is InChI=1S/C27H27F4N3O5S2/c1-27(30,31)8-6-18-14-34(17-4-5-20(28)21(29)10-17)22-11-24(40-3)23(12-25(22)41(37,38)33(18)2)39-15-16-7-9-32-13-19(16)26(35)36/h4-5,7,9-13,18H,6,8,14-15H2,1-3H3,(H,35,36)/t18-/m1/s1. The van der Waals surface area contributed by atoms with Gasteiger partial charge in [0.15, 0.2) is 11.6 Å². The number of fused-ring (bicyclic) bond motifs is 1. The van der Waals surface area contributed by atoms with E-state index in [1.165, 1.54) is 60.4 Å². The number of halogens is 4. The highest BCUT2D eigenvalue weighted by atomic mass is 32.2. The minimum atomic E-state index is -4.30. The van der Waals surface area contributed by atoms with Crippen LogP contribution in [0.5, 0.6) is 5.75 Å². The lowest BCUT2D eigenvalue weighted by atomic mass is 10.1. The van der Waals surface area contributed by atoms with Crippen molar-refractivity contribution >= 4 is 39.1 Å². The van der Waals surface area contributed by atoms with Gasteiger partial charge >= 0.3 is 5.97 Å². The fraction of sp³-hybridized carbons (Fsp3) is 0.333. The molecular weight excluding hydrogens is 586 g/mol. The summed E-state index contributed by atoms with van der Waals surface area (Å²) in [5, 5.41) is 9.46. The number of carboxylic acid groups (broad SMARTS) is 1. The third-order valence-corrected chi connectivity index (χ3v) is 9.46. The van der Waals surface area contributed by atoms with Crippen molar-refractivity contribution in [2.24, 2.45) is 0 Å². The molecule has 3 aromatic rings. The Labute approximate surface area is 239 Å². The second kappa shape index (κ2) is 11.9. The van der Waals surface area contributed by atoms with Crippen molar-refractivity contribution in [2.45, 2.75) is 48.1 Å². The quantitative estimate of drug-likeness (QED) is 0.234. The summed E-state index contributed by atoms with van der Waals surface area (Å²) in [5.74, 6) is -6.38. The van der Waals surface area contributed by atoms with Gasteiger partial charge in [0.05, 0.1) is 16.1 Å². The molecule has 0 saturated carbocycles. The van der Waals surface area contributed by atoms with Crippen LogP contribution in [0.4, 0.5) is 28.9 Å². The van der Waals surface area contributed by atoms with Crippen LogP contribution < -0.4 is 9.64 Å². The highest BCUT2D eigenvalue weighted by Crippen LogP contribution is 2.44. The van der Waals surface area contributed by atoms with Gasteiger partial charge in [-0.2, -0.15) is 4.31 Å². The van der Waals surface area contributed by atoms with Gasteiger partial charge in [-0.05, 0) is 43.9 Å². The van der Waals surface area contributed by atoms with Gasteiger partial charge in [-0.3, -0.25) is 4.98 Å². The van der Waals surface area contributed by atoms with E-state index < -0.39 is 46.0 Å². The number of thioether (sulfide) groups is 1. The van der Waals surface area contributed by atoms with E-state index in [4.69, 9.17) is 4.74 Å². The second-order valence-corrected chi connectivity index (χ2v) is 12.4. The molecule has 0 fully saturated rings. The Morgan fingerprint density at radius 1 is 1.20 bits per heavy atom. The van der Waals surface area contributed by atoms with Crippen LogP contribution in [0.1, 0.15) is 35.7 Å². The molecule has 1 aliphatic heterocycles. The molecule has 4 rings (SSSR count). The summed E-state index contributed by atoms with van der Waals surface area (Å²) in [6.45, 7) is 0.414. The highest BCUT2D eigenvalue weighted by Gasteiger charge is 2.39. The third kappa shape index (κ3) is 6.60. The number of sulfonamides is 1. The van der Waals surface area contributed by atoms with E-state index in [1.807, 2.05) is 0 Å². The van der Waals surface area contributed by atoms with E-state index in [2.05, 4.69) is 4.98 Å². The van der Waals surface area contributed by atoms with Crippen LogP contribution in [0.15, 0.2) is 58.6 Å². The number of carbonyl (C=O) groups is 1. The lowest BCUT2D eigenvalue weighted by molar-refractivity contribution is 0.00679. The van der Waals surface area contributed by atoms with Gasteiger partial charge in [0, 0.05) is 61.8 Å². The van der Waals surface area contributed by atoms with Gasteiger partial charge in [-0.1, -0.05) is 0 Å². The number of hydrogen-bond acceptors (Lipinski definition) is 7. The number of alkyl halides is 2. The van der Waals surface area contributed by atoms with Crippen LogP contribution in [0.2, 0.25) is 0 Å². The van der Waals surface area contributed by atoms with Crippen molar-refractivity contribution in [2.75, 3.05) is 24.7 Å². The van der Waals surface area contributed by atoms with Crippen molar-refractivity contribution in [3.63, 3.8) is 0 Å². The van der Waals surface area contributed by atoms with Crippen LogP contribution in [0.3, 0.4) is 0 Å². The molecule has 8 nitrogen and oxygen atoms in total. The third-order valence-electron chi connectivity index (χ3n) is 6.76. The summed E-state index contributed by atoms with van der Waals surface area (Å²) in [4.78, 5) is 17.1. The molecule has 41 heavy (non-hydrogen) atoms. The van der Waals surface area contributed by atoms with E-state index in [0.717, 1.165) is 23.4 Å². The maximum absolute atomic E-state index is 14.3. The predicted molar refractivity (Wildman–Crippen MR) is 146 cm³/mol. The summed E-state index contributed by atoms with van der Waals surface area (Å²) < 4.78 is 90.3. The normalized spacial score (nSPS) is 17.1. The molecule has 14 heteroatoms.